The van der Waals surface area contributed by atoms with Gasteiger partial charge >= 0.3 is 18.3 Å². The molecule has 0 aliphatic rings. The van der Waals surface area contributed by atoms with E-state index in [-0.39, 0.29) is 11.3 Å². The Balaban J connectivity index is 2.38. The van der Waals surface area contributed by atoms with E-state index in [0.717, 1.165) is 11.0 Å². The lowest BCUT2D eigenvalue weighted by molar-refractivity contribution is -0.289. The number of hydrogen-bond acceptors (Lipinski definition) is 2. The maximum atomic E-state index is 13.6. The van der Waals surface area contributed by atoms with Crippen LogP contribution in [0.1, 0.15) is 16.7 Å². The van der Waals surface area contributed by atoms with Crippen LogP contribution in [0.2, 0.25) is 0 Å². The average molecular weight is 427 g/mol. The van der Waals surface area contributed by atoms with Crippen molar-refractivity contribution in [2.24, 2.45) is 0 Å². The molecule has 0 amide bonds. The monoisotopic (exact) mass is 427 g/mol. The third-order valence-electron chi connectivity index (χ3n) is 4.16. The lowest BCUT2D eigenvalue weighted by atomic mass is 10.0. The molecule has 0 aliphatic carbocycles. The Morgan fingerprint density at radius 1 is 0.897 bits per heavy atom. The topological polar surface area (TPSA) is 23.5 Å². The van der Waals surface area contributed by atoms with Crippen molar-refractivity contribution in [3.8, 4) is 0 Å². The Morgan fingerprint density at radius 3 is 2.07 bits per heavy atom. The Bertz CT molecular complexity index is 831. The molecule has 1 atom stereocenters. The van der Waals surface area contributed by atoms with E-state index in [4.69, 9.17) is 0 Å². The molecule has 0 radical (unpaired) electrons. The standard InChI is InChI=1S/C19H17F8NO/c1-12-4-2-7-15(8-12)28(11-16(29)18(22,23)24)10-13-5-3-6-14(9-13)17(20,21)19(25,26)27/h2-9,16,29H,10-11H2,1H3/t16-/m1/s1. The third-order valence-corrected chi connectivity index (χ3v) is 4.16. The van der Waals surface area contributed by atoms with Crippen LogP contribution in [0.3, 0.4) is 0 Å². The minimum Gasteiger partial charge on any atom is -0.382 e. The van der Waals surface area contributed by atoms with Gasteiger partial charge in [-0.05, 0) is 36.2 Å². The van der Waals surface area contributed by atoms with Gasteiger partial charge in [-0.25, -0.2) is 0 Å². The van der Waals surface area contributed by atoms with Crippen LogP contribution in [0.4, 0.5) is 40.8 Å². The van der Waals surface area contributed by atoms with Gasteiger partial charge in [0.25, 0.3) is 0 Å². The fourth-order valence-electron chi connectivity index (χ4n) is 2.65. The van der Waals surface area contributed by atoms with Crippen LogP contribution >= 0.6 is 0 Å². The van der Waals surface area contributed by atoms with Crippen molar-refractivity contribution in [1.29, 1.82) is 0 Å². The van der Waals surface area contributed by atoms with Gasteiger partial charge in [-0.15, -0.1) is 0 Å². The van der Waals surface area contributed by atoms with E-state index >= 15 is 0 Å². The molecule has 0 saturated carbocycles. The smallest absolute Gasteiger partial charge is 0.382 e. The maximum absolute atomic E-state index is 13.6. The number of alkyl halides is 8. The first kappa shape index (κ1) is 22.9. The Kier molecular flexibility index (Phi) is 6.46. The minimum atomic E-state index is -5.81. The molecule has 0 unspecified atom stereocenters. The predicted octanol–water partition coefficient (Wildman–Crippen LogP) is 5.58. The second-order valence-electron chi connectivity index (χ2n) is 6.55. The van der Waals surface area contributed by atoms with Crippen LogP contribution in [0.25, 0.3) is 0 Å². The molecular formula is C19H17F8NO. The molecule has 160 valence electrons. The summed E-state index contributed by atoms with van der Waals surface area (Å²) >= 11 is 0. The molecule has 0 fully saturated rings. The normalized spacial score (nSPS) is 14.0. The van der Waals surface area contributed by atoms with Crippen molar-refractivity contribution < 1.29 is 40.2 Å². The van der Waals surface area contributed by atoms with E-state index in [2.05, 4.69) is 0 Å². The highest BCUT2D eigenvalue weighted by Gasteiger charge is 2.58. The molecule has 0 aromatic heterocycles. The van der Waals surface area contributed by atoms with Crippen LogP contribution in [-0.4, -0.2) is 30.1 Å². The van der Waals surface area contributed by atoms with E-state index in [1.165, 1.54) is 18.2 Å². The number of halogens is 8. The number of aliphatic hydroxyl groups is 1. The van der Waals surface area contributed by atoms with Crippen molar-refractivity contribution in [1.82, 2.24) is 0 Å². The number of aryl methyl sites for hydroxylation is 1. The van der Waals surface area contributed by atoms with Crippen molar-refractivity contribution in [2.75, 3.05) is 11.4 Å². The molecule has 2 aromatic carbocycles. The summed E-state index contributed by atoms with van der Waals surface area (Å²) in [7, 11) is 0. The zero-order valence-electron chi connectivity index (χ0n) is 15.0. The average Bonchev–Trinajstić information content (AvgIpc) is 2.59. The van der Waals surface area contributed by atoms with Gasteiger partial charge in [0.05, 0.1) is 6.54 Å². The highest BCUT2D eigenvalue weighted by Crippen LogP contribution is 2.44. The zero-order valence-corrected chi connectivity index (χ0v) is 15.0. The highest BCUT2D eigenvalue weighted by molar-refractivity contribution is 5.49. The first-order valence-electron chi connectivity index (χ1n) is 8.32. The van der Waals surface area contributed by atoms with Gasteiger partial charge in [0.15, 0.2) is 6.10 Å². The number of nitrogens with zero attached hydrogens (tertiary/aromatic N) is 1. The quantitative estimate of drug-likeness (QED) is 0.609. The summed E-state index contributed by atoms with van der Waals surface area (Å²) in [6.45, 7) is 0.331. The highest BCUT2D eigenvalue weighted by atomic mass is 19.4. The summed E-state index contributed by atoms with van der Waals surface area (Å²) in [6.07, 6.45) is -13.5. The molecule has 2 nitrogen and oxygen atoms in total. The maximum Gasteiger partial charge on any atom is 0.458 e. The summed E-state index contributed by atoms with van der Waals surface area (Å²) in [4.78, 5) is 1.07. The molecule has 0 spiro atoms. The summed E-state index contributed by atoms with van der Waals surface area (Å²) in [6, 6.07) is 9.56. The van der Waals surface area contributed by atoms with Crippen LogP contribution in [0, 0.1) is 6.92 Å². The van der Waals surface area contributed by atoms with Crippen LogP contribution in [0.5, 0.6) is 0 Å². The van der Waals surface area contributed by atoms with Gasteiger partial charge in [0.2, 0.25) is 0 Å². The van der Waals surface area contributed by atoms with Crippen molar-refractivity contribution in [2.45, 2.75) is 37.8 Å². The molecule has 2 rings (SSSR count). The van der Waals surface area contributed by atoms with Gasteiger partial charge in [-0.1, -0.05) is 30.3 Å². The first-order chi connectivity index (χ1) is 13.2. The fraction of sp³-hybridized carbons (Fsp3) is 0.368. The number of hydrogen-bond donors (Lipinski definition) is 1. The molecule has 10 heteroatoms. The second-order valence-corrected chi connectivity index (χ2v) is 6.55. The van der Waals surface area contributed by atoms with Gasteiger partial charge in [0.1, 0.15) is 0 Å². The van der Waals surface area contributed by atoms with Gasteiger partial charge in [0, 0.05) is 17.8 Å². The van der Waals surface area contributed by atoms with E-state index in [1.807, 2.05) is 0 Å². The molecule has 0 aliphatic heterocycles. The fourth-order valence-corrected chi connectivity index (χ4v) is 2.65. The van der Waals surface area contributed by atoms with Crippen molar-refractivity contribution in [3.05, 3.63) is 65.2 Å². The number of anilines is 1. The molecule has 1 N–H and O–H groups in total. The van der Waals surface area contributed by atoms with Crippen LogP contribution in [-0.2, 0) is 12.5 Å². The van der Waals surface area contributed by atoms with Crippen LogP contribution in [0.15, 0.2) is 48.5 Å². The summed E-state index contributed by atoms with van der Waals surface area (Å²) in [5, 5.41) is 9.42. The Morgan fingerprint density at radius 2 is 1.52 bits per heavy atom. The minimum absolute atomic E-state index is 0.0673. The molecule has 29 heavy (non-hydrogen) atoms. The van der Waals surface area contributed by atoms with E-state index < -0.39 is 43.0 Å². The van der Waals surface area contributed by atoms with Gasteiger partial charge in [-0.2, -0.15) is 35.1 Å². The van der Waals surface area contributed by atoms with E-state index in [9.17, 15) is 40.2 Å². The zero-order chi connectivity index (χ0) is 22.0. The van der Waals surface area contributed by atoms with Crippen molar-refractivity contribution in [3.63, 3.8) is 0 Å². The molecule has 0 heterocycles. The molecule has 2 aromatic rings. The largest absolute Gasteiger partial charge is 0.458 e. The lowest BCUT2D eigenvalue weighted by Crippen LogP contribution is -2.41. The number of rotatable bonds is 6. The SMILES string of the molecule is Cc1cccc(N(Cc2cccc(C(F)(F)C(F)(F)F)c2)C[C@@H](O)C(F)(F)F)c1. The van der Waals surface area contributed by atoms with Crippen molar-refractivity contribution >= 4 is 5.69 Å². The summed E-state index contributed by atoms with van der Waals surface area (Å²) in [5.41, 5.74) is -0.446. The Hall–Kier alpha value is -2.36. The third kappa shape index (κ3) is 5.59. The molecule has 0 saturated heterocycles. The number of benzene rings is 2. The molecular weight excluding hydrogens is 410 g/mol. The number of aliphatic hydroxyl groups excluding tert-OH is 1. The Labute approximate surface area is 161 Å². The lowest BCUT2D eigenvalue weighted by Gasteiger charge is -2.29. The molecule has 0 bridgehead atoms. The van der Waals surface area contributed by atoms with Crippen LogP contribution < -0.4 is 4.90 Å². The van der Waals surface area contributed by atoms with E-state index in [1.54, 1.807) is 19.1 Å². The predicted molar refractivity (Wildman–Crippen MR) is 90.7 cm³/mol. The van der Waals surface area contributed by atoms with E-state index in [0.29, 0.717) is 17.7 Å². The first-order valence-corrected chi connectivity index (χ1v) is 8.32. The van der Waals surface area contributed by atoms with Gasteiger partial charge < -0.3 is 10.0 Å². The summed E-state index contributed by atoms with van der Waals surface area (Å²) < 4.78 is 103. The van der Waals surface area contributed by atoms with Gasteiger partial charge in [-0.3, -0.25) is 0 Å². The second kappa shape index (κ2) is 8.17. The summed E-state index contributed by atoms with van der Waals surface area (Å²) in [5.74, 6) is -5.11.